The molecular weight excluding hydrogens is 224 g/mol. The van der Waals surface area contributed by atoms with Crippen molar-refractivity contribution in [3.8, 4) is 0 Å². The van der Waals surface area contributed by atoms with Crippen LogP contribution in [-0.4, -0.2) is 17.3 Å². The summed E-state index contributed by atoms with van der Waals surface area (Å²) in [5.41, 5.74) is 3.69. The van der Waals surface area contributed by atoms with E-state index in [0.717, 1.165) is 16.8 Å². The molecule has 0 radical (unpaired) electrons. The molecule has 0 amide bonds. The Morgan fingerprint density at radius 1 is 1.11 bits per heavy atom. The SMILES string of the molecule is O=C1CNC(=Cc2ccccc2)c2ccncc21. The summed E-state index contributed by atoms with van der Waals surface area (Å²) in [4.78, 5) is 15.8. The lowest BCUT2D eigenvalue weighted by Crippen LogP contribution is -2.28. The molecule has 1 aliphatic rings. The van der Waals surface area contributed by atoms with Crippen molar-refractivity contribution in [2.24, 2.45) is 0 Å². The summed E-state index contributed by atoms with van der Waals surface area (Å²) in [6.45, 7) is 0.331. The van der Waals surface area contributed by atoms with Crippen molar-refractivity contribution >= 4 is 17.6 Å². The third-order valence-electron chi connectivity index (χ3n) is 2.96. The number of pyridine rings is 1. The van der Waals surface area contributed by atoms with E-state index in [0.29, 0.717) is 12.1 Å². The Balaban J connectivity index is 2.08. The van der Waals surface area contributed by atoms with Crippen LogP contribution in [0.3, 0.4) is 0 Å². The monoisotopic (exact) mass is 236 g/mol. The van der Waals surface area contributed by atoms with Crippen LogP contribution in [0.2, 0.25) is 0 Å². The highest BCUT2D eigenvalue weighted by molar-refractivity contribution is 6.06. The van der Waals surface area contributed by atoms with Gasteiger partial charge in [-0.05, 0) is 17.7 Å². The first-order valence-electron chi connectivity index (χ1n) is 5.83. The van der Waals surface area contributed by atoms with Crippen LogP contribution in [0.15, 0.2) is 48.8 Å². The molecule has 0 unspecified atom stereocenters. The third kappa shape index (κ3) is 1.91. The van der Waals surface area contributed by atoms with Crippen LogP contribution in [0, 0.1) is 0 Å². The predicted molar refractivity (Wildman–Crippen MR) is 70.9 cm³/mol. The molecule has 0 fully saturated rings. The Hall–Kier alpha value is -2.42. The Labute approximate surface area is 105 Å². The van der Waals surface area contributed by atoms with Crippen molar-refractivity contribution < 1.29 is 4.79 Å². The number of fused-ring (bicyclic) bond motifs is 1. The second kappa shape index (κ2) is 4.45. The maximum atomic E-state index is 11.8. The van der Waals surface area contributed by atoms with E-state index >= 15 is 0 Å². The Morgan fingerprint density at radius 3 is 2.78 bits per heavy atom. The minimum atomic E-state index is 0.0864. The molecule has 0 saturated carbocycles. The fourth-order valence-electron chi connectivity index (χ4n) is 2.06. The second-order valence-corrected chi connectivity index (χ2v) is 4.17. The zero-order valence-corrected chi connectivity index (χ0v) is 9.76. The number of hydrogen-bond acceptors (Lipinski definition) is 3. The van der Waals surface area contributed by atoms with Gasteiger partial charge in [-0.3, -0.25) is 9.78 Å². The van der Waals surface area contributed by atoms with Crippen LogP contribution in [0.4, 0.5) is 0 Å². The first-order chi connectivity index (χ1) is 8.84. The minimum Gasteiger partial charge on any atom is -0.377 e. The van der Waals surface area contributed by atoms with E-state index in [1.165, 1.54) is 0 Å². The molecule has 2 heterocycles. The molecule has 0 bridgehead atoms. The average molecular weight is 236 g/mol. The number of aromatic nitrogens is 1. The average Bonchev–Trinajstić information content (AvgIpc) is 2.44. The van der Waals surface area contributed by atoms with Gasteiger partial charge in [0.25, 0.3) is 0 Å². The smallest absolute Gasteiger partial charge is 0.184 e. The van der Waals surface area contributed by atoms with E-state index in [1.54, 1.807) is 12.4 Å². The summed E-state index contributed by atoms with van der Waals surface area (Å²) >= 11 is 0. The van der Waals surface area contributed by atoms with Crippen molar-refractivity contribution in [2.45, 2.75) is 0 Å². The van der Waals surface area contributed by atoms with Crippen molar-refractivity contribution in [1.29, 1.82) is 0 Å². The van der Waals surface area contributed by atoms with Crippen LogP contribution in [-0.2, 0) is 0 Å². The van der Waals surface area contributed by atoms with E-state index in [9.17, 15) is 4.79 Å². The minimum absolute atomic E-state index is 0.0864. The second-order valence-electron chi connectivity index (χ2n) is 4.17. The lowest BCUT2D eigenvalue weighted by atomic mass is 9.98. The fourth-order valence-corrected chi connectivity index (χ4v) is 2.06. The standard InChI is InChI=1S/C15H12N2O/c18-15-10-17-14(8-11-4-2-1-3-5-11)12-6-7-16-9-13(12)15/h1-9,17H,10H2. The molecule has 88 valence electrons. The van der Waals surface area contributed by atoms with Crippen LogP contribution in [0.5, 0.6) is 0 Å². The van der Waals surface area contributed by atoms with Gasteiger partial charge < -0.3 is 5.32 Å². The maximum absolute atomic E-state index is 11.8. The van der Waals surface area contributed by atoms with Gasteiger partial charge in [-0.25, -0.2) is 0 Å². The van der Waals surface area contributed by atoms with Gasteiger partial charge in [0.05, 0.1) is 6.54 Å². The van der Waals surface area contributed by atoms with Crippen LogP contribution >= 0.6 is 0 Å². The Bertz CT molecular complexity index is 617. The van der Waals surface area contributed by atoms with Gasteiger partial charge in [0, 0.05) is 29.2 Å². The number of carbonyl (C=O) groups excluding carboxylic acids is 1. The Kier molecular flexibility index (Phi) is 2.65. The summed E-state index contributed by atoms with van der Waals surface area (Å²) in [5.74, 6) is 0.0864. The highest BCUT2D eigenvalue weighted by Crippen LogP contribution is 2.22. The topological polar surface area (TPSA) is 42.0 Å². The zero-order valence-electron chi connectivity index (χ0n) is 9.76. The summed E-state index contributed by atoms with van der Waals surface area (Å²) in [5, 5.41) is 3.16. The van der Waals surface area contributed by atoms with Crippen LogP contribution < -0.4 is 5.32 Å². The molecule has 1 aliphatic heterocycles. The van der Waals surface area contributed by atoms with Crippen molar-refractivity contribution in [2.75, 3.05) is 6.54 Å². The number of carbonyl (C=O) groups is 1. The molecule has 0 spiro atoms. The summed E-state index contributed by atoms with van der Waals surface area (Å²) < 4.78 is 0. The molecule has 3 heteroatoms. The molecule has 0 aliphatic carbocycles. The largest absolute Gasteiger partial charge is 0.377 e. The van der Waals surface area contributed by atoms with Gasteiger partial charge in [0.15, 0.2) is 5.78 Å². The summed E-state index contributed by atoms with van der Waals surface area (Å²) in [6.07, 6.45) is 5.39. The van der Waals surface area contributed by atoms with Crippen molar-refractivity contribution in [3.63, 3.8) is 0 Å². The van der Waals surface area contributed by atoms with Crippen LogP contribution in [0.1, 0.15) is 21.5 Å². The lowest BCUT2D eigenvalue weighted by molar-refractivity contribution is 0.0991. The molecule has 18 heavy (non-hydrogen) atoms. The number of Topliss-reactive ketones (excluding diaryl/α,β-unsaturated/α-hetero) is 1. The molecular formula is C15H12N2O. The lowest BCUT2D eigenvalue weighted by Gasteiger charge is -2.19. The summed E-state index contributed by atoms with van der Waals surface area (Å²) in [6, 6.07) is 11.9. The van der Waals surface area contributed by atoms with Gasteiger partial charge in [-0.1, -0.05) is 30.3 Å². The highest BCUT2D eigenvalue weighted by atomic mass is 16.1. The number of benzene rings is 1. The quantitative estimate of drug-likeness (QED) is 0.826. The first-order valence-corrected chi connectivity index (χ1v) is 5.83. The Morgan fingerprint density at radius 2 is 1.94 bits per heavy atom. The van der Waals surface area contributed by atoms with E-state index in [4.69, 9.17) is 0 Å². The molecule has 1 aromatic carbocycles. The van der Waals surface area contributed by atoms with E-state index < -0.39 is 0 Å². The number of rotatable bonds is 1. The van der Waals surface area contributed by atoms with Crippen molar-refractivity contribution in [1.82, 2.24) is 10.3 Å². The first kappa shape index (κ1) is 10.7. The third-order valence-corrected chi connectivity index (χ3v) is 2.96. The number of nitrogens with one attached hydrogen (secondary N) is 1. The number of nitrogens with zero attached hydrogens (tertiary/aromatic N) is 1. The van der Waals surface area contributed by atoms with E-state index in [2.05, 4.69) is 10.3 Å². The molecule has 0 atom stereocenters. The fraction of sp³-hybridized carbons (Fsp3) is 0.0667. The van der Waals surface area contributed by atoms with Gasteiger partial charge in [0.1, 0.15) is 0 Å². The zero-order chi connectivity index (χ0) is 12.4. The van der Waals surface area contributed by atoms with Gasteiger partial charge in [-0.2, -0.15) is 0 Å². The molecule has 0 saturated heterocycles. The number of hydrogen-bond donors (Lipinski definition) is 1. The molecule has 3 nitrogen and oxygen atoms in total. The van der Waals surface area contributed by atoms with Crippen LogP contribution in [0.25, 0.3) is 11.8 Å². The maximum Gasteiger partial charge on any atom is 0.184 e. The number of ketones is 1. The molecule has 1 aromatic heterocycles. The van der Waals surface area contributed by atoms with Crippen molar-refractivity contribution in [3.05, 3.63) is 65.5 Å². The van der Waals surface area contributed by atoms with E-state index in [1.807, 2.05) is 42.5 Å². The molecule has 2 aromatic rings. The summed E-state index contributed by atoms with van der Waals surface area (Å²) in [7, 11) is 0. The normalized spacial score (nSPS) is 16.2. The van der Waals surface area contributed by atoms with E-state index in [-0.39, 0.29) is 5.78 Å². The molecule has 3 rings (SSSR count). The van der Waals surface area contributed by atoms with Gasteiger partial charge in [0.2, 0.25) is 0 Å². The molecule has 1 N–H and O–H groups in total. The van der Waals surface area contributed by atoms with Gasteiger partial charge in [-0.15, -0.1) is 0 Å². The highest BCUT2D eigenvalue weighted by Gasteiger charge is 2.19. The van der Waals surface area contributed by atoms with Gasteiger partial charge >= 0.3 is 0 Å². The predicted octanol–water partition coefficient (Wildman–Crippen LogP) is 2.37.